The van der Waals surface area contributed by atoms with Crippen molar-refractivity contribution in [1.82, 2.24) is 9.13 Å². The first-order valence-corrected chi connectivity index (χ1v) is 7.58. The number of nitrogens with zero attached hydrogens (tertiary/aromatic N) is 2. The molecule has 2 aromatic carbocycles. The van der Waals surface area contributed by atoms with Crippen molar-refractivity contribution >= 4 is 11.0 Å². The number of hydrogen-bond donors (Lipinski definition) is 1. The van der Waals surface area contributed by atoms with Gasteiger partial charge < -0.3 is 9.84 Å². The zero-order chi connectivity index (χ0) is 16.4. The van der Waals surface area contributed by atoms with Crippen LogP contribution >= 0.6 is 0 Å². The van der Waals surface area contributed by atoms with Crippen molar-refractivity contribution in [3.8, 4) is 5.75 Å². The SMILES string of the molecule is Cc1cccc(OC[C@@H](O)Cn2c(=O)n(C)c3ccccc32)c1. The molecule has 0 radical (unpaired) electrons. The van der Waals surface area contributed by atoms with Gasteiger partial charge in [-0.05, 0) is 36.8 Å². The molecule has 0 bridgehead atoms. The zero-order valence-electron chi connectivity index (χ0n) is 13.3. The number of aryl methyl sites for hydroxylation is 2. The van der Waals surface area contributed by atoms with Crippen LogP contribution in [0.3, 0.4) is 0 Å². The number of rotatable bonds is 5. The molecule has 0 aliphatic rings. The number of imidazole rings is 1. The van der Waals surface area contributed by atoms with E-state index in [9.17, 15) is 9.90 Å². The highest BCUT2D eigenvalue weighted by Crippen LogP contribution is 2.14. The number of aliphatic hydroxyl groups is 1. The maximum atomic E-state index is 12.3. The lowest BCUT2D eigenvalue weighted by molar-refractivity contribution is 0.0925. The van der Waals surface area contributed by atoms with Crippen LogP contribution in [0.4, 0.5) is 0 Å². The first-order valence-electron chi connectivity index (χ1n) is 7.58. The number of hydrogen-bond acceptors (Lipinski definition) is 3. The van der Waals surface area contributed by atoms with Crippen LogP contribution in [-0.4, -0.2) is 27.0 Å². The van der Waals surface area contributed by atoms with Gasteiger partial charge in [0.2, 0.25) is 0 Å². The first kappa shape index (κ1) is 15.4. The molecule has 0 aliphatic carbocycles. The van der Waals surface area contributed by atoms with Gasteiger partial charge in [0.1, 0.15) is 18.5 Å². The molecular weight excluding hydrogens is 292 g/mol. The minimum absolute atomic E-state index is 0.138. The van der Waals surface area contributed by atoms with Gasteiger partial charge in [-0.1, -0.05) is 24.3 Å². The lowest BCUT2D eigenvalue weighted by atomic mass is 10.2. The van der Waals surface area contributed by atoms with Crippen LogP contribution in [0.1, 0.15) is 5.56 Å². The van der Waals surface area contributed by atoms with Gasteiger partial charge in [-0.15, -0.1) is 0 Å². The van der Waals surface area contributed by atoms with E-state index >= 15 is 0 Å². The van der Waals surface area contributed by atoms with Gasteiger partial charge in [0, 0.05) is 7.05 Å². The summed E-state index contributed by atoms with van der Waals surface area (Å²) >= 11 is 0. The van der Waals surface area contributed by atoms with Gasteiger partial charge in [-0.2, -0.15) is 0 Å². The number of fused-ring (bicyclic) bond motifs is 1. The molecule has 3 aromatic rings. The van der Waals surface area contributed by atoms with Crippen molar-refractivity contribution in [2.75, 3.05) is 6.61 Å². The minimum Gasteiger partial charge on any atom is -0.491 e. The molecule has 0 aliphatic heterocycles. The minimum atomic E-state index is -0.765. The summed E-state index contributed by atoms with van der Waals surface area (Å²) in [4.78, 5) is 12.3. The van der Waals surface area contributed by atoms with Crippen LogP contribution in [-0.2, 0) is 13.6 Å². The number of ether oxygens (including phenoxy) is 1. The zero-order valence-corrected chi connectivity index (χ0v) is 13.3. The Morgan fingerprint density at radius 2 is 1.87 bits per heavy atom. The Hall–Kier alpha value is -2.53. The van der Waals surface area contributed by atoms with Crippen LogP contribution in [0.2, 0.25) is 0 Å². The monoisotopic (exact) mass is 312 g/mol. The van der Waals surface area contributed by atoms with E-state index in [0.29, 0.717) is 5.75 Å². The maximum absolute atomic E-state index is 12.3. The van der Waals surface area contributed by atoms with E-state index in [-0.39, 0.29) is 18.8 Å². The molecule has 0 fully saturated rings. The van der Waals surface area contributed by atoms with E-state index in [4.69, 9.17) is 4.74 Å². The molecule has 1 atom stereocenters. The van der Waals surface area contributed by atoms with E-state index in [1.165, 1.54) is 0 Å². The van der Waals surface area contributed by atoms with E-state index in [0.717, 1.165) is 16.6 Å². The normalized spacial score (nSPS) is 12.5. The summed E-state index contributed by atoms with van der Waals surface area (Å²) in [5.74, 6) is 0.717. The topological polar surface area (TPSA) is 56.4 Å². The summed E-state index contributed by atoms with van der Waals surface area (Å²) in [6.45, 7) is 2.32. The fourth-order valence-corrected chi connectivity index (χ4v) is 2.70. The predicted octanol–water partition coefficient (Wildman–Crippen LogP) is 2.09. The van der Waals surface area contributed by atoms with Gasteiger partial charge in [0.25, 0.3) is 0 Å². The summed E-state index contributed by atoms with van der Waals surface area (Å²) < 4.78 is 8.78. The quantitative estimate of drug-likeness (QED) is 0.785. The van der Waals surface area contributed by atoms with Crippen LogP contribution < -0.4 is 10.4 Å². The van der Waals surface area contributed by atoms with Gasteiger partial charge in [0.05, 0.1) is 17.6 Å². The van der Waals surface area contributed by atoms with Crippen LogP contribution in [0.5, 0.6) is 5.75 Å². The second-order valence-corrected chi connectivity index (χ2v) is 5.72. The number of aliphatic hydroxyl groups excluding tert-OH is 1. The molecule has 0 saturated carbocycles. The smallest absolute Gasteiger partial charge is 0.328 e. The van der Waals surface area contributed by atoms with Crippen molar-refractivity contribution in [2.45, 2.75) is 19.6 Å². The average Bonchev–Trinajstić information content (AvgIpc) is 2.79. The number of benzene rings is 2. The van der Waals surface area contributed by atoms with Gasteiger partial charge in [-0.3, -0.25) is 9.13 Å². The molecule has 1 heterocycles. The molecule has 1 N–H and O–H groups in total. The lowest BCUT2D eigenvalue weighted by Gasteiger charge is -2.13. The van der Waals surface area contributed by atoms with Gasteiger partial charge in [0.15, 0.2) is 0 Å². The first-order chi connectivity index (χ1) is 11.1. The molecule has 120 valence electrons. The molecule has 5 heteroatoms. The van der Waals surface area contributed by atoms with E-state index < -0.39 is 6.10 Å². The maximum Gasteiger partial charge on any atom is 0.328 e. The Balaban J connectivity index is 1.74. The number of para-hydroxylation sites is 2. The van der Waals surface area contributed by atoms with Crippen LogP contribution in [0.25, 0.3) is 11.0 Å². The highest BCUT2D eigenvalue weighted by Gasteiger charge is 2.14. The Bertz CT molecular complexity index is 879. The Morgan fingerprint density at radius 1 is 1.13 bits per heavy atom. The number of aromatic nitrogens is 2. The van der Waals surface area contributed by atoms with Crippen LogP contribution in [0.15, 0.2) is 53.3 Å². The molecule has 1 aromatic heterocycles. The highest BCUT2D eigenvalue weighted by atomic mass is 16.5. The Kier molecular flexibility index (Phi) is 4.21. The summed E-state index contributed by atoms with van der Waals surface area (Å²) in [7, 11) is 1.73. The second-order valence-electron chi connectivity index (χ2n) is 5.72. The largest absolute Gasteiger partial charge is 0.491 e. The third-order valence-corrected chi connectivity index (χ3v) is 3.88. The highest BCUT2D eigenvalue weighted by molar-refractivity contribution is 5.75. The fourth-order valence-electron chi connectivity index (χ4n) is 2.70. The van der Waals surface area contributed by atoms with Gasteiger partial charge in [-0.25, -0.2) is 4.79 Å². The molecule has 0 saturated heterocycles. The summed E-state index contributed by atoms with van der Waals surface area (Å²) in [5, 5.41) is 10.2. The summed E-state index contributed by atoms with van der Waals surface area (Å²) in [6.07, 6.45) is -0.765. The second kappa shape index (κ2) is 6.30. The molecule has 0 amide bonds. The Labute approximate surface area is 134 Å². The lowest BCUT2D eigenvalue weighted by Crippen LogP contribution is -2.30. The van der Waals surface area contributed by atoms with E-state index in [1.54, 1.807) is 16.2 Å². The predicted molar refractivity (Wildman–Crippen MR) is 89.9 cm³/mol. The standard InChI is InChI=1S/C18H20N2O3/c1-13-6-5-7-15(10-13)23-12-14(21)11-20-17-9-4-3-8-16(17)19(2)18(20)22/h3-10,14,21H,11-12H2,1-2H3/t14-/m0/s1. The summed E-state index contributed by atoms with van der Waals surface area (Å²) in [5.41, 5.74) is 2.63. The summed E-state index contributed by atoms with van der Waals surface area (Å²) in [6, 6.07) is 15.2. The molecule has 23 heavy (non-hydrogen) atoms. The molecular formula is C18H20N2O3. The molecule has 5 nitrogen and oxygen atoms in total. The fraction of sp³-hybridized carbons (Fsp3) is 0.278. The molecule has 0 unspecified atom stereocenters. The third-order valence-electron chi connectivity index (χ3n) is 3.88. The van der Waals surface area contributed by atoms with Gasteiger partial charge >= 0.3 is 5.69 Å². The van der Waals surface area contributed by atoms with Crippen LogP contribution in [0, 0.1) is 6.92 Å². The van der Waals surface area contributed by atoms with Crippen molar-refractivity contribution in [1.29, 1.82) is 0 Å². The van der Waals surface area contributed by atoms with E-state index in [2.05, 4.69) is 0 Å². The Morgan fingerprint density at radius 3 is 2.61 bits per heavy atom. The third kappa shape index (κ3) is 3.14. The average molecular weight is 312 g/mol. The van der Waals surface area contributed by atoms with E-state index in [1.807, 2.05) is 55.5 Å². The van der Waals surface area contributed by atoms with Crippen molar-refractivity contribution in [3.63, 3.8) is 0 Å². The van der Waals surface area contributed by atoms with Crippen molar-refractivity contribution < 1.29 is 9.84 Å². The van der Waals surface area contributed by atoms with Crippen molar-refractivity contribution in [3.05, 3.63) is 64.6 Å². The molecule has 3 rings (SSSR count). The van der Waals surface area contributed by atoms with Crippen molar-refractivity contribution in [2.24, 2.45) is 7.05 Å². The molecule has 0 spiro atoms.